The number of hydrogen-bond donors (Lipinski definition) is 0. The van der Waals surface area contributed by atoms with Gasteiger partial charge < -0.3 is 9.64 Å². The van der Waals surface area contributed by atoms with E-state index in [0.717, 1.165) is 17.7 Å². The van der Waals surface area contributed by atoms with Crippen LogP contribution in [0.25, 0.3) is 0 Å². The Morgan fingerprint density at radius 2 is 1.92 bits per heavy atom. The molecule has 1 aromatic heterocycles. The van der Waals surface area contributed by atoms with Crippen LogP contribution in [0.1, 0.15) is 35.3 Å². The molecule has 2 heterocycles. The van der Waals surface area contributed by atoms with Crippen LogP contribution >= 0.6 is 0 Å². The molecule has 1 amide bonds. The van der Waals surface area contributed by atoms with Gasteiger partial charge in [0.1, 0.15) is 0 Å². The zero-order chi connectivity index (χ0) is 18.3. The van der Waals surface area contributed by atoms with Gasteiger partial charge in [-0.1, -0.05) is 31.2 Å². The van der Waals surface area contributed by atoms with Gasteiger partial charge in [0, 0.05) is 25.2 Å². The van der Waals surface area contributed by atoms with E-state index in [1.54, 1.807) is 17.8 Å². The zero-order valence-corrected chi connectivity index (χ0v) is 15.1. The SMILES string of the molecule is CCOC(=O)c1cnn(Cc2ccc(CN3CC4C(C3=O)[C@H]4C)cc2)c1. The average Bonchev–Trinajstić information content (AvgIpc) is 2.97. The molecular formula is C20H23N3O3. The molecule has 136 valence electrons. The molecule has 1 aromatic carbocycles. The number of esters is 1. The zero-order valence-electron chi connectivity index (χ0n) is 15.1. The van der Waals surface area contributed by atoms with Gasteiger partial charge in [-0.3, -0.25) is 9.48 Å². The van der Waals surface area contributed by atoms with Crippen molar-refractivity contribution in [3.63, 3.8) is 0 Å². The van der Waals surface area contributed by atoms with Crippen LogP contribution in [0.2, 0.25) is 0 Å². The fourth-order valence-corrected chi connectivity index (χ4v) is 3.86. The Labute approximate surface area is 152 Å². The summed E-state index contributed by atoms with van der Waals surface area (Å²) in [4.78, 5) is 25.9. The van der Waals surface area contributed by atoms with Crippen molar-refractivity contribution in [1.29, 1.82) is 0 Å². The Balaban J connectivity index is 1.35. The number of aromatic nitrogens is 2. The van der Waals surface area contributed by atoms with Crippen molar-refractivity contribution in [2.45, 2.75) is 26.9 Å². The quantitative estimate of drug-likeness (QED) is 0.748. The maximum Gasteiger partial charge on any atom is 0.341 e. The van der Waals surface area contributed by atoms with Crippen LogP contribution in [0.4, 0.5) is 0 Å². The summed E-state index contributed by atoms with van der Waals surface area (Å²) in [6.45, 7) is 6.48. The minimum absolute atomic E-state index is 0.280. The van der Waals surface area contributed by atoms with Crippen molar-refractivity contribution < 1.29 is 14.3 Å². The van der Waals surface area contributed by atoms with Gasteiger partial charge in [0.2, 0.25) is 5.91 Å². The molecule has 0 bridgehead atoms. The molecule has 4 rings (SSSR count). The Bertz CT molecular complexity index is 827. The normalized spacial score (nSPS) is 23.8. The molecule has 0 spiro atoms. The van der Waals surface area contributed by atoms with Crippen molar-refractivity contribution in [2.75, 3.05) is 13.2 Å². The molecule has 6 nitrogen and oxygen atoms in total. The van der Waals surface area contributed by atoms with Crippen molar-refractivity contribution >= 4 is 11.9 Å². The van der Waals surface area contributed by atoms with Gasteiger partial charge in [-0.2, -0.15) is 5.10 Å². The van der Waals surface area contributed by atoms with E-state index >= 15 is 0 Å². The molecule has 2 aromatic rings. The van der Waals surface area contributed by atoms with Crippen molar-refractivity contribution in [2.24, 2.45) is 17.8 Å². The smallest absolute Gasteiger partial charge is 0.341 e. The standard InChI is InChI=1S/C20H23N3O3/c1-3-26-20(25)16-8-21-23(11-16)10-15-6-4-14(5-7-15)9-22-12-17-13(2)18(17)19(22)24/h4-8,11,13,17-18H,3,9-10,12H2,1-2H3/t13-,17?,18?/m0/s1. The Morgan fingerprint density at radius 1 is 1.23 bits per heavy atom. The first-order valence-corrected chi connectivity index (χ1v) is 9.13. The lowest BCUT2D eigenvalue weighted by molar-refractivity contribution is -0.131. The number of benzene rings is 1. The van der Waals surface area contributed by atoms with Crippen molar-refractivity contribution in [3.8, 4) is 0 Å². The average molecular weight is 353 g/mol. The molecule has 6 heteroatoms. The number of likely N-dealkylation sites (tertiary alicyclic amines) is 1. The minimum Gasteiger partial charge on any atom is -0.462 e. The second-order valence-corrected chi connectivity index (χ2v) is 7.23. The van der Waals surface area contributed by atoms with Gasteiger partial charge in [-0.15, -0.1) is 0 Å². The Morgan fingerprint density at radius 3 is 2.54 bits per heavy atom. The van der Waals surface area contributed by atoms with Crippen LogP contribution in [-0.4, -0.2) is 39.7 Å². The fraction of sp³-hybridized carbons (Fsp3) is 0.450. The van der Waals surface area contributed by atoms with E-state index in [0.29, 0.717) is 43.0 Å². The van der Waals surface area contributed by atoms with Crippen LogP contribution in [0.5, 0.6) is 0 Å². The predicted molar refractivity (Wildman–Crippen MR) is 95.3 cm³/mol. The van der Waals surface area contributed by atoms with E-state index in [4.69, 9.17) is 4.74 Å². The molecule has 1 saturated carbocycles. The van der Waals surface area contributed by atoms with Gasteiger partial charge >= 0.3 is 5.97 Å². The third-order valence-corrected chi connectivity index (χ3v) is 5.48. The van der Waals surface area contributed by atoms with Gasteiger partial charge in [0.25, 0.3) is 0 Å². The summed E-state index contributed by atoms with van der Waals surface area (Å²) >= 11 is 0. The molecule has 1 aliphatic carbocycles. The Kier molecular flexibility index (Phi) is 4.26. The number of amides is 1. The summed E-state index contributed by atoms with van der Waals surface area (Å²) in [5.41, 5.74) is 2.70. The molecule has 2 fully saturated rings. The van der Waals surface area contributed by atoms with Gasteiger partial charge in [0.05, 0.1) is 24.9 Å². The lowest BCUT2D eigenvalue weighted by atomic mass is 10.1. The van der Waals surface area contributed by atoms with E-state index in [-0.39, 0.29) is 11.9 Å². The highest BCUT2D eigenvalue weighted by atomic mass is 16.5. The second kappa shape index (κ2) is 6.59. The lowest BCUT2D eigenvalue weighted by Gasteiger charge is -2.19. The molecule has 3 atom stereocenters. The minimum atomic E-state index is -0.350. The third kappa shape index (κ3) is 3.11. The molecule has 1 saturated heterocycles. The molecular weight excluding hydrogens is 330 g/mol. The number of carbonyl (C=O) groups excluding carboxylic acids is 2. The number of nitrogens with zero attached hydrogens (tertiary/aromatic N) is 3. The molecule has 26 heavy (non-hydrogen) atoms. The summed E-state index contributed by atoms with van der Waals surface area (Å²) < 4.78 is 6.69. The highest BCUT2D eigenvalue weighted by molar-refractivity contribution is 5.88. The van der Waals surface area contributed by atoms with Crippen LogP contribution < -0.4 is 0 Å². The van der Waals surface area contributed by atoms with Gasteiger partial charge in [-0.25, -0.2) is 4.79 Å². The number of ether oxygens (including phenoxy) is 1. The highest BCUT2D eigenvalue weighted by Gasteiger charge is 2.58. The Hall–Kier alpha value is -2.63. The lowest BCUT2D eigenvalue weighted by Crippen LogP contribution is -2.29. The van der Waals surface area contributed by atoms with Crippen LogP contribution in [0, 0.1) is 17.8 Å². The third-order valence-electron chi connectivity index (χ3n) is 5.48. The summed E-state index contributed by atoms with van der Waals surface area (Å²) in [6.07, 6.45) is 3.22. The first-order valence-electron chi connectivity index (χ1n) is 9.13. The van der Waals surface area contributed by atoms with E-state index in [9.17, 15) is 9.59 Å². The largest absolute Gasteiger partial charge is 0.462 e. The van der Waals surface area contributed by atoms with Crippen LogP contribution in [0.15, 0.2) is 36.7 Å². The molecule has 1 aliphatic heterocycles. The maximum atomic E-state index is 12.3. The number of hydrogen-bond acceptors (Lipinski definition) is 4. The summed E-state index contributed by atoms with van der Waals surface area (Å²) in [7, 11) is 0. The predicted octanol–water partition coefficient (Wildman–Crippen LogP) is 2.33. The van der Waals surface area contributed by atoms with Crippen molar-refractivity contribution in [3.05, 3.63) is 53.3 Å². The van der Waals surface area contributed by atoms with E-state index in [1.165, 1.54) is 6.20 Å². The fourth-order valence-electron chi connectivity index (χ4n) is 3.86. The summed E-state index contributed by atoms with van der Waals surface area (Å²) in [5.74, 6) is 1.40. The number of carbonyl (C=O) groups is 2. The monoisotopic (exact) mass is 353 g/mol. The maximum absolute atomic E-state index is 12.3. The first-order chi connectivity index (χ1) is 12.6. The summed E-state index contributed by atoms with van der Waals surface area (Å²) in [5, 5.41) is 4.21. The molecule has 0 N–H and O–H groups in total. The van der Waals surface area contributed by atoms with Gasteiger partial charge in [0.15, 0.2) is 0 Å². The number of fused-ring (bicyclic) bond motifs is 1. The van der Waals surface area contributed by atoms with Crippen molar-refractivity contribution in [1.82, 2.24) is 14.7 Å². The topological polar surface area (TPSA) is 64.4 Å². The van der Waals surface area contributed by atoms with E-state index in [1.807, 2.05) is 17.0 Å². The van der Waals surface area contributed by atoms with E-state index in [2.05, 4.69) is 24.2 Å². The van der Waals surface area contributed by atoms with E-state index < -0.39 is 0 Å². The number of piperidine rings is 1. The molecule has 2 aliphatic rings. The highest BCUT2D eigenvalue weighted by Crippen LogP contribution is 2.52. The first kappa shape index (κ1) is 16.8. The van der Waals surface area contributed by atoms with Crippen LogP contribution in [-0.2, 0) is 22.6 Å². The molecule has 2 unspecified atom stereocenters. The van der Waals surface area contributed by atoms with Crippen LogP contribution in [0.3, 0.4) is 0 Å². The summed E-state index contributed by atoms with van der Waals surface area (Å²) in [6, 6.07) is 8.22. The second-order valence-electron chi connectivity index (χ2n) is 7.23. The number of rotatable bonds is 6. The van der Waals surface area contributed by atoms with Gasteiger partial charge in [-0.05, 0) is 29.9 Å². The molecule has 0 radical (unpaired) electrons.